The number of nitrogens with one attached hydrogen (secondary N) is 1. The van der Waals surface area contributed by atoms with Crippen LogP contribution in [0, 0.1) is 0 Å². The van der Waals surface area contributed by atoms with Crippen LogP contribution in [-0.2, 0) is 16.4 Å². The van der Waals surface area contributed by atoms with E-state index >= 15 is 0 Å². The average molecular weight is 275 g/mol. The highest BCUT2D eigenvalue weighted by atomic mass is 32.2. The molecule has 100 valence electrons. The van der Waals surface area contributed by atoms with Gasteiger partial charge in [-0.05, 0) is 18.1 Å². The van der Waals surface area contributed by atoms with Gasteiger partial charge in [0.25, 0.3) is 6.43 Å². The second kappa shape index (κ2) is 5.32. The summed E-state index contributed by atoms with van der Waals surface area (Å²) in [6.07, 6.45) is -1.88. The predicted molar refractivity (Wildman–Crippen MR) is 65.3 cm³/mol. The van der Waals surface area contributed by atoms with E-state index in [0.717, 1.165) is 5.56 Å². The molecule has 6 heteroatoms. The van der Waals surface area contributed by atoms with Gasteiger partial charge in [0.1, 0.15) is 0 Å². The van der Waals surface area contributed by atoms with Crippen molar-refractivity contribution in [2.24, 2.45) is 0 Å². The Morgan fingerprint density at radius 3 is 2.78 bits per heavy atom. The molecule has 0 radical (unpaired) electrons. The molecule has 0 saturated carbocycles. The minimum atomic E-state index is -2.90. The zero-order chi connectivity index (χ0) is 13.2. The van der Waals surface area contributed by atoms with E-state index in [9.17, 15) is 17.2 Å². The summed E-state index contributed by atoms with van der Waals surface area (Å²) in [5.74, 6) is 0.350. The summed E-state index contributed by atoms with van der Waals surface area (Å²) in [7, 11) is -2.90. The molecule has 2 rings (SSSR count). The Morgan fingerprint density at radius 1 is 1.39 bits per heavy atom. The minimum Gasteiger partial charge on any atom is -0.309 e. The quantitative estimate of drug-likeness (QED) is 0.913. The van der Waals surface area contributed by atoms with Crippen molar-refractivity contribution >= 4 is 9.84 Å². The third-order valence-electron chi connectivity index (χ3n) is 3.03. The van der Waals surface area contributed by atoms with Gasteiger partial charge in [0.15, 0.2) is 9.84 Å². The fourth-order valence-electron chi connectivity index (χ4n) is 2.06. The number of sulfone groups is 1. The second-order valence-electron chi connectivity index (χ2n) is 4.53. The Labute approximate surface area is 105 Å². The van der Waals surface area contributed by atoms with E-state index in [4.69, 9.17) is 0 Å². The van der Waals surface area contributed by atoms with Crippen LogP contribution in [0.25, 0.3) is 0 Å². The SMILES string of the molecule is O=S1(=O)CCC(NCc2cccc(C(F)F)c2)C1. The van der Waals surface area contributed by atoms with Crippen LogP contribution in [0.3, 0.4) is 0 Å². The van der Waals surface area contributed by atoms with E-state index in [1.54, 1.807) is 12.1 Å². The third-order valence-corrected chi connectivity index (χ3v) is 4.80. The fraction of sp³-hybridized carbons (Fsp3) is 0.500. The number of benzene rings is 1. The molecule has 0 aromatic heterocycles. The highest BCUT2D eigenvalue weighted by Gasteiger charge is 2.27. The van der Waals surface area contributed by atoms with Crippen LogP contribution in [0.2, 0.25) is 0 Å². The van der Waals surface area contributed by atoms with Crippen molar-refractivity contribution < 1.29 is 17.2 Å². The summed E-state index contributed by atoms with van der Waals surface area (Å²) < 4.78 is 47.5. The maximum absolute atomic E-state index is 12.5. The number of halogens is 2. The van der Waals surface area contributed by atoms with Gasteiger partial charge in [0, 0.05) is 18.2 Å². The molecule has 1 aliphatic heterocycles. The molecule has 0 bridgehead atoms. The van der Waals surface area contributed by atoms with E-state index in [0.29, 0.717) is 13.0 Å². The molecule has 1 N–H and O–H groups in total. The van der Waals surface area contributed by atoms with Crippen molar-refractivity contribution in [1.29, 1.82) is 0 Å². The van der Waals surface area contributed by atoms with Crippen molar-refractivity contribution in [3.63, 3.8) is 0 Å². The van der Waals surface area contributed by atoms with Gasteiger partial charge in [0.05, 0.1) is 11.5 Å². The van der Waals surface area contributed by atoms with Crippen LogP contribution in [0.1, 0.15) is 24.0 Å². The minimum absolute atomic E-state index is 0.00616. The van der Waals surface area contributed by atoms with Gasteiger partial charge < -0.3 is 5.32 Å². The number of hydrogen-bond donors (Lipinski definition) is 1. The molecule has 1 saturated heterocycles. The van der Waals surface area contributed by atoms with Crippen LogP contribution in [0.4, 0.5) is 8.78 Å². The Balaban J connectivity index is 1.93. The van der Waals surface area contributed by atoms with Gasteiger partial charge in [-0.25, -0.2) is 17.2 Å². The molecule has 18 heavy (non-hydrogen) atoms. The summed E-state index contributed by atoms with van der Waals surface area (Å²) in [4.78, 5) is 0. The van der Waals surface area contributed by atoms with Crippen LogP contribution >= 0.6 is 0 Å². The van der Waals surface area contributed by atoms with Gasteiger partial charge in [-0.2, -0.15) is 0 Å². The number of alkyl halides is 2. The summed E-state index contributed by atoms with van der Waals surface area (Å²) in [6.45, 7) is 0.417. The summed E-state index contributed by atoms with van der Waals surface area (Å²) in [5, 5.41) is 3.10. The van der Waals surface area contributed by atoms with Gasteiger partial charge in [-0.1, -0.05) is 18.2 Å². The fourth-order valence-corrected chi connectivity index (χ4v) is 3.76. The van der Waals surface area contributed by atoms with Crippen molar-refractivity contribution in [3.05, 3.63) is 35.4 Å². The van der Waals surface area contributed by atoms with Crippen LogP contribution in [-0.4, -0.2) is 26.0 Å². The van der Waals surface area contributed by atoms with Crippen molar-refractivity contribution in [1.82, 2.24) is 5.32 Å². The number of hydrogen-bond acceptors (Lipinski definition) is 3. The molecule has 1 fully saturated rings. The monoisotopic (exact) mass is 275 g/mol. The lowest BCUT2D eigenvalue weighted by Gasteiger charge is -2.11. The normalized spacial score (nSPS) is 22.5. The van der Waals surface area contributed by atoms with Gasteiger partial charge in [-0.15, -0.1) is 0 Å². The first-order chi connectivity index (χ1) is 8.46. The Kier molecular flexibility index (Phi) is 3.97. The largest absolute Gasteiger partial charge is 0.309 e. The van der Waals surface area contributed by atoms with E-state index in [2.05, 4.69) is 5.32 Å². The second-order valence-corrected chi connectivity index (χ2v) is 6.76. The lowest BCUT2D eigenvalue weighted by atomic mass is 10.1. The lowest BCUT2D eigenvalue weighted by Crippen LogP contribution is -2.29. The zero-order valence-corrected chi connectivity index (χ0v) is 10.6. The highest BCUT2D eigenvalue weighted by Crippen LogP contribution is 2.19. The summed E-state index contributed by atoms with van der Waals surface area (Å²) >= 11 is 0. The van der Waals surface area contributed by atoms with Crippen LogP contribution < -0.4 is 5.32 Å². The molecule has 1 aliphatic rings. The summed E-state index contributed by atoms with van der Waals surface area (Å²) in [6, 6.07) is 6.10. The van der Waals surface area contributed by atoms with E-state index < -0.39 is 16.3 Å². The molecule has 1 aromatic rings. The number of rotatable bonds is 4. The van der Waals surface area contributed by atoms with E-state index in [1.807, 2.05) is 0 Å². The molecule has 1 unspecified atom stereocenters. The molecule has 3 nitrogen and oxygen atoms in total. The highest BCUT2D eigenvalue weighted by molar-refractivity contribution is 7.91. The maximum Gasteiger partial charge on any atom is 0.263 e. The third kappa shape index (κ3) is 3.49. The Morgan fingerprint density at radius 2 is 2.17 bits per heavy atom. The van der Waals surface area contributed by atoms with E-state index in [1.165, 1.54) is 12.1 Å². The predicted octanol–water partition coefficient (Wildman–Crippen LogP) is 1.90. The zero-order valence-electron chi connectivity index (χ0n) is 9.77. The molecular weight excluding hydrogens is 260 g/mol. The molecule has 1 atom stereocenters. The van der Waals surface area contributed by atoms with Crippen LogP contribution in [0.5, 0.6) is 0 Å². The lowest BCUT2D eigenvalue weighted by molar-refractivity contribution is 0.151. The Hall–Kier alpha value is -1.01. The first-order valence-electron chi connectivity index (χ1n) is 5.77. The van der Waals surface area contributed by atoms with Gasteiger partial charge in [0.2, 0.25) is 0 Å². The molecular formula is C12H15F2NO2S. The van der Waals surface area contributed by atoms with Gasteiger partial charge >= 0.3 is 0 Å². The molecule has 0 amide bonds. The van der Waals surface area contributed by atoms with Crippen molar-refractivity contribution in [2.75, 3.05) is 11.5 Å². The molecule has 1 aromatic carbocycles. The first-order valence-corrected chi connectivity index (χ1v) is 7.59. The van der Waals surface area contributed by atoms with Crippen molar-refractivity contribution in [2.45, 2.75) is 25.4 Å². The summed E-state index contributed by atoms with van der Waals surface area (Å²) in [5.41, 5.74) is 0.741. The molecule has 1 heterocycles. The first kappa shape index (κ1) is 13.4. The van der Waals surface area contributed by atoms with E-state index in [-0.39, 0.29) is 23.1 Å². The molecule has 0 aliphatic carbocycles. The maximum atomic E-state index is 12.5. The standard InChI is InChI=1S/C12H15F2NO2S/c13-12(14)10-3-1-2-9(6-10)7-15-11-4-5-18(16,17)8-11/h1-3,6,11-12,15H,4-5,7-8H2. The molecule has 0 spiro atoms. The van der Waals surface area contributed by atoms with Crippen LogP contribution in [0.15, 0.2) is 24.3 Å². The Bertz CT molecular complexity index is 517. The van der Waals surface area contributed by atoms with Crippen molar-refractivity contribution in [3.8, 4) is 0 Å². The average Bonchev–Trinajstić information content (AvgIpc) is 2.67. The smallest absolute Gasteiger partial charge is 0.263 e. The topological polar surface area (TPSA) is 46.2 Å². The van der Waals surface area contributed by atoms with Gasteiger partial charge in [-0.3, -0.25) is 0 Å².